The minimum Gasteiger partial charge on any atom is -0.481 e. The van der Waals surface area contributed by atoms with Gasteiger partial charge in [0.05, 0.1) is 30.8 Å². The molecule has 1 aliphatic rings. The van der Waals surface area contributed by atoms with Crippen molar-refractivity contribution in [3.05, 3.63) is 58.7 Å². The van der Waals surface area contributed by atoms with Gasteiger partial charge in [0.2, 0.25) is 5.60 Å². The van der Waals surface area contributed by atoms with Crippen molar-refractivity contribution in [2.75, 3.05) is 6.61 Å². The standard InChI is InChI=1S/C22H22O11/c1-3-32-18(27)15-13(9-14(23)24)10-22(20(30)31,33-11-12-7-5-4-6-8-12)21(2,19(28)29)16(15)17(25)26/h4-8,10H,3,9,11H2,1-2H3,(H,23,24)(H,25,26)(H,28,29)(H,30,31)/t21-,22-/m0/s1. The zero-order valence-electron chi connectivity index (χ0n) is 17.7. The molecular formula is C22H22O11. The first kappa shape index (κ1) is 25.3. The summed E-state index contributed by atoms with van der Waals surface area (Å²) in [5.41, 5.74) is -7.81. The molecule has 1 aromatic carbocycles. The summed E-state index contributed by atoms with van der Waals surface area (Å²) in [6.07, 6.45) is -0.302. The molecule has 2 atom stereocenters. The molecule has 0 aromatic heterocycles. The maximum atomic E-state index is 12.6. The van der Waals surface area contributed by atoms with Gasteiger partial charge in [-0.25, -0.2) is 14.4 Å². The molecule has 0 saturated carbocycles. The molecule has 0 aliphatic heterocycles. The van der Waals surface area contributed by atoms with E-state index in [1.165, 1.54) is 6.92 Å². The van der Waals surface area contributed by atoms with Gasteiger partial charge < -0.3 is 29.9 Å². The van der Waals surface area contributed by atoms with Crippen LogP contribution in [0.5, 0.6) is 0 Å². The summed E-state index contributed by atoms with van der Waals surface area (Å²) in [4.78, 5) is 61.3. The summed E-state index contributed by atoms with van der Waals surface area (Å²) >= 11 is 0. The van der Waals surface area contributed by atoms with E-state index in [-0.39, 0.29) is 6.61 Å². The van der Waals surface area contributed by atoms with Gasteiger partial charge in [-0.2, -0.15) is 0 Å². The Bertz CT molecular complexity index is 1050. The first-order valence-corrected chi connectivity index (χ1v) is 9.66. The normalized spacial score (nSPS) is 22.3. The quantitative estimate of drug-likeness (QED) is 0.369. The Morgan fingerprint density at radius 2 is 1.55 bits per heavy atom. The van der Waals surface area contributed by atoms with Crippen molar-refractivity contribution in [1.29, 1.82) is 0 Å². The fraction of sp³-hybridized carbons (Fsp3) is 0.318. The molecule has 4 N–H and O–H groups in total. The van der Waals surface area contributed by atoms with Gasteiger partial charge in [-0.1, -0.05) is 30.3 Å². The smallest absolute Gasteiger partial charge is 0.341 e. The molecule has 0 unspecified atom stereocenters. The maximum absolute atomic E-state index is 12.6. The Morgan fingerprint density at radius 3 is 2.00 bits per heavy atom. The molecule has 0 spiro atoms. The third-order valence-electron chi connectivity index (χ3n) is 5.28. The van der Waals surface area contributed by atoms with E-state index in [2.05, 4.69) is 0 Å². The Morgan fingerprint density at radius 1 is 0.939 bits per heavy atom. The highest BCUT2D eigenvalue weighted by molar-refractivity contribution is 6.11. The van der Waals surface area contributed by atoms with Crippen molar-refractivity contribution >= 4 is 29.8 Å². The van der Waals surface area contributed by atoms with Crippen LogP contribution in [-0.4, -0.2) is 62.5 Å². The van der Waals surface area contributed by atoms with E-state index in [1.807, 2.05) is 0 Å². The highest BCUT2D eigenvalue weighted by Crippen LogP contribution is 2.50. The second kappa shape index (κ2) is 9.65. The van der Waals surface area contributed by atoms with Crippen molar-refractivity contribution in [3.63, 3.8) is 0 Å². The molecule has 0 bridgehead atoms. The van der Waals surface area contributed by atoms with Gasteiger partial charge >= 0.3 is 29.8 Å². The predicted molar refractivity (Wildman–Crippen MR) is 109 cm³/mol. The number of rotatable bonds is 10. The topological polar surface area (TPSA) is 185 Å². The molecule has 1 aromatic rings. The van der Waals surface area contributed by atoms with Crippen molar-refractivity contribution in [1.82, 2.24) is 0 Å². The van der Waals surface area contributed by atoms with Crippen LogP contribution in [0.15, 0.2) is 53.1 Å². The summed E-state index contributed by atoms with van der Waals surface area (Å²) in [7, 11) is 0. The van der Waals surface area contributed by atoms with Crippen LogP contribution in [0.3, 0.4) is 0 Å². The molecule has 33 heavy (non-hydrogen) atoms. The van der Waals surface area contributed by atoms with Crippen LogP contribution in [0.2, 0.25) is 0 Å². The second-order valence-corrected chi connectivity index (χ2v) is 7.26. The molecular weight excluding hydrogens is 440 g/mol. The van der Waals surface area contributed by atoms with E-state index in [1.54, 1.807) is 30.3 Å². The highest BCUT2D eigenvalue weighted by Gasteiger charge is 2.66. The van der Waals surface area contributed by atoms with Crippen LogP contribution < -0.4 is 0 Å². The Kier molecular flexibility index (Phi) is 7.39. The zero-order chi connectivity index (χ0) is 25.0. The fourth-order valence-corrected chi connectivity index (χ4v) is 3.68. The Balaban J connectivity index is 2.90. The number of benzene rings is 1. The van der Waals surface area contributed by atoms with E-state index >= 15 is 0 Å². The molecule has 11 nitrogen and oxygen atoms in total. The van der Waals surface area contributed by atoms with Crippen LogP contribution in [-0.2, 0) is 40.1 Å². The molecule has 1 aliphatic carbocycles. The number of carbonyl (C=O) groups is 5. The van der Waals surface area contributed by atoms with Gasteiger partial charge in [0.25, 0.3) is 0 Å². The molecule has 0 radical (unpaired) electrons. The van der Waals surface area contributed by atoms with Gasteiger partial charge in [-0.3, -0.25) is 9.59 Å². The molecule has 0 saturated heterocycles. The predicted octanol–water partition coefficient (Wildman–Crippen LogP) is 1.48. The maximum Gasteiger partial charge on any atom is 0.341 e. The lowest BCUT2D eigenvalue weighted by atomic mass is 9.61. The molecule has 0 amide bonds. The average molecular weight is 462 g/mol. The minimum absolute atomic E-state index is 0.228. The summed E-state index contributed by atoms with van der Waals surface area (Å²) < 4.78 is 10.4. The van der Waals surface area contributed by atoms with Gasteiger partial charge in [0.15, 0.2) is 0 Å². The highest BCUT2D eigenvalue weighted by atomic mass is 16.5. The Hall–Kier alpha value is -3.99. The van der Waals surface area contributed by atoms with Crippen LogP contribution in [0.25, 0.3) is 0 Å². The summed E-state index contributed by atoms with van der Waals surface area (Å²) in [6, 6.07) is 8.06. The van der Waals surface area contributed by atoms with Crippen molar-refractivity contribution in [2.24, 2.45) is 5.41 Å². The largest absolute Gasteiger partial charge is 0.481 e. The summed E-state index contributed by atoms with van der Waals surface area (Å²) in [5, 5.41) is 39.4. The lowest BCUT2D eigenvalue weighted by Crippen LogP contribution is -2.61. The Labute approximate surface area is 187 Å². The number of hydrogen-bond acceptors (Lipinski definition) is 7. The van der Waals surface area contributed by atoms with Gasteiger partial charge in [0.1, 0.15) is 5.41 Å². The SMILES string of the molecule is CCOC(=O)C1=C(C(=O)O)[C@@](C)(C(=O)O)[C@@](OCc2ccccc2)(C(=O)O)C=C1CC(=O)O. The lowest BCUT2D eigenvalue weighted by Gasteiger charge is -2.44. The molecule has 2 rings (SSSR count). The average Bonchev–Trinajstić information content (AvgIpc) is 2.73. The zero-order valence-corrected chi connectivity index (χ0v) is 17.7. The number of hydrogen-bond donors (Lipinski definition) is 4. The number of ether oxygens (including phenoxy) is 2. The first-order valence-electron chi connectivity index (χ1n) is 9.66. The lowest BCUT2D eigenvalue weighted by molar-refractivity contribution is -0.187. The van der Waals surface area contributed by atoms with E-state index in [0.717, 1.165) is 6.92 Å². The van der Waals surface area contributed by atoms with E-state index in [9.17, 15) is 44.4 Å². The van der Waals surface area contributed by atoms with Gasteiger partial charge in [-0.15, -0.1) is 0 Å². The number of carboxylic acids is 4. The van der Waals surface area contributed by atoms with Crippen LogP contribution in [0.4, 0.5) is 0 Å². The van der Waals surface area contributed by atoms with E-state index in [4.69, 9.17) is 9.47 Å². The van der Waals surface area contributed by atoms with Gasteiger partial charge in [-0.05, 0) is 31.1 Å². The van der Waals surface area contributed by atoms with E-state index in [0.29, 0.717) is 11.6 Å². The third-order valence-corrected chi connectivity index (χ3v) is 5.28. The fourth-order valence-electron chi connectivity index (χ4n) is 3.68. The number of carboxylic acid groups (broad SMARTS) is 4. The van der Waals surface area contributed by atoms with Crippen molar-refractivity contribution in [2.45, 2.75) is 32.5 Å². The minimum atomic E-state index is -2.87. The monoisotopic (exact) mass is 462 g/mol. The number of carbonyl (C=O) groups excluding carboxylic acids is 1. The molecule has 176 valence electrons. The van der Waals surface area contributed by atoms with Gasteiger partial charge in [0, 0.05) is 0 Å². The second-order valence-electron chi connectivity index (χ2n) is 7.26. The van der Waals surface area contributed by atoms with Crippen LogP contribution in [0, 0.1) is 5.41 Å². The summed E-state index contributed by atoms with van der Waals surface area (Å²) in [5.74, 6) is -8.55. The molecule has 0 heterocycles. The van der Waals surface area contributed by atoms with E-state index < -0.39 is 70.6 Å². The first-order chi connectivity index (χ1) is 15.4. The summed E-state index contributed by atoms with van der Waals surface area (Å²) in [6.45, 7) is 1.52. The van der Waals surface area contributed by atoms with Crippen LogP contribution in [0.1, 0.15) is 25.8 Å². The molecule has 0 fully saturated rings. The van der Waals surface area contributed by atoms with Crippen LogP contribution >= 0.6 is 0 Å². The third kappa shape index (κ3) is 4.48. The number of aliphatic carboxylic acids is 4. The number of esters is 1. The van der Waals surface area contributed by atoms with Crippen molar-refractivity contribution < 1.29 is 53.9 Å². The van der Waals surface area contributed by atoms with Crippen molar-refractivity contribution in [3.8, 4) is 0 Å². The molecule has 11 heteroatoms.